The van der Waals surface area contributed by atoms with Crippen molar-refractivity contribution in [3.63, 3.8) is 0 Å². The number of hydrogen-bond donors (Lipinski definition) is 0. The van der Waals surface area contributed by atoms with Crippen LogP contribution in [0.2, 0.25) is 0 Å². The first-order valence-electron chi connectivity index (χ1n) is 7.85. The molecule has 0 bridgehead atoms. The monoisotopic (exact) mass is 288 g/mol. The molecule has 0 aliphatic heterocycles. The van der Waals surface area contributed by atoms with Crippen LogP contribution in [0, 0.1) is 0 Å². The lowest BCUT2D eigenvalue weighted by Crippen LogP contribution is -2.18. The molecule has 0 fully saturated rings. The molecule has 2 heteroatoms. The second-order valence-corrected chi connectivity index (χ2v) is 6.39. The van der Waals surface area contributed by atoms with Crippen LogP contribution in [0.5, 0.6) is 0 Å². The first kappa shape index (κ1) is 13.3. The molecule has 1 aliphatic rings. The first-order valence-corrected chi connectivity index (χ1v) is 7.85. The zero-order chi connectivity index (χ0) is 15.3. The fraction of sp³-hybridized carbons (Fsp3) is 0.250. The molecule has 1 aromatic heterocycles. The molecule has 0 saturated heterocycles. The summed E-state index contributed by atoms with van der Waals surface area (Å²) in [6, 6.07) is 17.2. The van der Waals surface area contributed by atoms with Crippen LogP contribution >= 0.6 is 0 Å². The Hall–Kier alpha value is -2.35. The highest BCUT2D eigenvalue weighted by atomic mass is 15.1. The predicted octanol–water partition coefficient (Wildman–Crippen LogP) is 4.63. The summed E-state index contributed by atoms with van der Waals surface area (Å²) in [6.07, 6.45) is 1.05. The maximum Gasteiger partial charge on any atom is 0.0765 e. The third-order valence-corrected chi connectivity index (χ3v) is 4.67. The summed E-state index contributed by atoms with van der Waals surface area (Å²) < 4.78 is 0. The van der Waals surface area contributed by atoms with Crippen molar-refractivity contribution in [1.29, 1.82) is 0 Å². The smallest absolute Gasteiger partial charge is 0.0765 e. The van der Waals surface area contributed by atoms with Gasteiger partial charge in [0.2, 0.25) is 0 Å². The van der Waals surface area contributed by atoms with Gasteiger partial charge < -0.3 is 4.90 Å². The van der Waals surface area contributed by atoms with Gasteiger partial charge in [0, 0.05) is 30.6 Å². The number of nitrogens with zero attached hydrogens (tertiary/aromatic N) is 2. The summed E-state index contributed by atoms with van der Waals surface area (Å²) in [7, 11) is 4.26. The van der Waals surface area contributed by atoms with Crippen LogP contribution in [0.15, 0.2) is 48.5 Å². The predicted molar refractivity (Wildman–Crippen MR) is 93.6 cm³/mol. The molecule has 1 aliphatic carbocycles. The van der Waals surface area contributed by atoms with E-state index in [0.29, 0.717) is 5.92 Å². The van der Waals surface area contributed by atoms with Gasteiger partial charge in [0.1, 0.15) is 0 Å². The SMILES string of the molecule is CC1Cc2c(nc3ccccc3c2N(C)C)-c2ccccc21. The van der Waals surface area contributed by atoms with Gasteiger partial charge in [-0.25, -0.2) is 4.98 Å². The zero-order valence-electron chi connectivity index (χ0n) is 13.3. The van der Waals surface area contributed by atoms with Crippen LogP contribution in [0.1, 0.15) is 24.0 Å². The molecule has 2 aromatic carbocycles. The molecule has 0 N–H and O–H groups in total. The number of hydrogen-bond acceptors (Lipinski definition) is 2. The second-order valence-electron chi connectivity index (χ2n) is 6.39. The summed E-state index contributed by atoms with van der Waals surface area (Å²) in [5.74, 6) is 0.533. The van der Waals surface area contributed by atoms with Crippen molar-refractivity contribution in [3.05, 3.63) is 59.7 Å². The van der Waals surface area contributed by atoms with E-state index in [-0.39, 0.29) is 0 Å². The molecule has 110 valence electrons. The minimum atomic E-state index is 0.533. The van der Waals surface area contributed by atoms with Gasteiger partial charge in [-0.15, -0.1) is 0 Å². The molecule has 0 saturated carbocycles. The topological polar surface area (TPSA) is 16.1 Å². The van der Waals surface area contributed by atoms with E-state index in [1.807, 2.05) is 0 Å². The molecule has 0 spiro atoms. The lowest BCUT2D eigenvalue weighted by Gasteiger charge is -2.29. The van der Waals surface area contributed by atoms with Crippen LogP contribution < -0.4 is 4.90 Å². The van der Waals surface area contributed by atoms with E-state index >= 15 is 0 Å². The maximum absolute atomic E-state index is 5.01. The van der Waals surface area contributed by atoms with Crippen LogP contribution in [0.4, 0.5) is 5.69 Å². The van der Waals surface area contributed by atoms with Crippen molar-refractivity contribution < 1.29 is 0 Å². The molecular formula is C20H20N2. The number of rotatable bonds is 1. The van der Waals surface area contributed by atoms with E-state index in [4.69, 9.17) is 4.98 Å². The minimum Gasteiger partial charge on any atom is -0.377 e. The van der Waals surface area contributed by atoms with E-state index in [0.717, 1.165) is 17.6 Å². The molecule has 1 unspecified atom stereocenters. The van der Waals surface area contributed by atoms with E-state index in [1.54, 1.807) is 0 Å². The third-order valence-electron chi connectivity index (χ3n) is 4.67. The highest BCUT2D eigenvalue weighted by molar-refractivity contribution is 5.97. The van der Waals surface area contributed by atoms with Crippen molar-refractivity contribution in [3.8, 4) is 11.3 Å². The number of fused-ring (bicyclic) bond motifs is 4. The Morgan fingerprint density at radius 2 is 1.73 bits per heavy atom. The quantitative estimate of drug-likeness (QED) is 0.649. The Labute approximate surface area is 131 Å². The van der Waals surface area contributed by atoms with Gasteiger partial charge in [-0.3, -0.25) is 0 Å². The van der Waals surface area contributed by atoms with Crippen molar-refractivity contribution in [2.75, 3.05) is 19.0 Å². The van der Waals surface area contributed by atoms with Gasteiger partial charge in [-0.1, -0.05) is 49.4 Å². The highest BCUT2D eigenvalue weighted by Crippen LogP contribution is 2.44. The summed E-state index contributed by atoms with van der Waals surface area (Å²) >= 11 is 0. The number of anilines is 1. The fourth-order valence-electron chi connectivity index (χ4n) is 3.72. The van der Waals surface area contributed by atoms with Crippen LogP contribution in [-0.2, 0) is 6.42 Å². The summed E-state index contributed by atoms with van der Waals surface area (Å²) in [5.41, 5.74) is 7.66. The molecular weight excluding hydrogens is 268 g/mol. The number of para-hydroxylation sites is 1. The van der Waals surface area contributed by atoms with E-state index in [1.165, 1.54) is 27.8 Å². The van der Waals surface area contributed by atoms with Gasteiger partial charge in [0.15, 0.2) is 0 Å². The van der Waals surface area contributed by atoms with E-state index in [2.05, 4.69) is 74.4 Å². The van der Waals surface area contributed by atoms with Crippen LogP contribution in [0.3, 0.4) is 0 Å². The van der Waals surface area contributed by atoms with Gasteiger partial charge in [0.25, 0.3) is 0 Å². The Bertz CT molecular complexity index is 865. The molecule has 2 nitrogen and oxygen atoms in total. The lowest BCUT2D eigenvalue weighted by molar-refractivity contribution is 0.744. The summed E-state index contributed by atoms with van der Waals surface area (Å²) in [5, 5.41) is 1.25. The Morgan fingerprint density at radius 1 is 1.00 bits per heavy atom. The average molecular weight is 288 g/mol. The van der Waals surface area contributed by atoms with Gasteiger partial charge in [-0.05, 0) is 24.0 Å². The summed E-state index contributed by atoms with van der Waals surface area (Å²) in [4.78, 5) is 7.25. The fourth-order valence-corrected chi connectivity index (χ4v) is 3.72. The zero-order valence-corrected chi connectivity index (χ0v) is 13.3. The molecule has 3 aromatic rings. The van der Waals surface area contributed by atoms with Crippen molar-refractivity contribution in [1.82, 2.24) is 4.98 Å². The molecule has 1 heterocycles. The maximum atomic E-state index is 5.01. The van der Waals surface area contributed by atoms with Crippen molar-refractivity contribution >= 4 is 16.6 Å². The third kappa shape index (κ3) is 1.83. The number of benzene rings is 2. The molecule has 4 rings (SSSR count). The van der Waals surface area contributed by atoms with Crippen LogP contribution in [0.25, 0.3) is 22.2 Å². The van der Waals surface area contributed by atoms with Gasteiger partial charge in [-0.2, -0.15) is 0 Å². The largest absolute Gasteiger partial charge is 0.377 e. The average Bonchev–Trinajstić information content (AvgIpc) is 2.53. The first-order chi connectivity index (χ1) is 10.7. The number of aromatic nitrogens is 1. The normalized spacial score (nSPS) is 16.2. The molecule has 1 atom stereocenters. The van der Waals surface area contributed by atoms with Crippen molar-refractivity contribution in [2.24, 2.45) is 0 Å². The van der Waals surface area contributed by atoms with Crippen molar-refractivity contribution in [2.45, 2.75) is 19.3 Å². The molecule has 0 radical (unpaired) electrons. The second kappa shape index (κ2) is 4.84. The minimum absolute atomic E-state index is 0.533. The highest BCUT2D eigenvalue weighted by Gasteiger charge is 2.26. The molecule has 0 amide bonds. The van der Waals surface area contributed by atoms with Crippen LogP contribution in [-0.4, -0.2) is 19.1 Å². The van der Waals surface area contributed by atoms with E-state index in [9.17, 15) is 0 Å². The number of pyridine rings is 1. The van der Waals surface area contributed by atoms with Gasteiger partial charge >= 0.3 is 0 Å². The Balaban J connectivity index is 2.13. The van der Waals surface area contributed by atoms with Gasteiger partial charge in [0.05, 0.1) is 16.9 Å². The lowest BCUT2D eigenvalue weighted by atomic mass is 9.80. The molecule has 22 heavy (non-hydrogen) atoms. The Kier molecular flexibility index (Phi) is 2.93. The standard InChI is InChI=1S/C20H20N2/c1-13-12-17-19(15-9-5-4-8-14(13)15)21-18-11-7-6-10-16(18)20(17)22(2)3/h4-11,13H,12H2,1-3H3. The Morgan fingerprint density at radius 3 is 2.55 bits per heavy atom. The van der Waals surface area contributed by atoms with E-state index < -0.39 is 0 Å². The summed E-state index contributed by atoms with van der Waals surface area (Å²) in [6.45, 7) is 2.32.